The van der Waals surface area contributed by atoms with Crippen molar-refractivity contribution in [3.63, 3.8) is 0 Å². The van der Waals surface area contributed by atoms with E-state index in [1.54, 1.807) is 97.1 Å². The zero-order valence-electron chi connectivity index (χ0n) is 33.3. The molecule has 0 unspecified atom stereocenters. The number of nitrogen functional groups attached to an aromatic ring is 1. The highest BCUT2D eigenvalue weighted by Gasteiger charge is 2.33. The van der Waals surface area contributed by atoms with Crippen molar-refractivity contribution in [1.29, 1.82) is 0 Å². The van der Waals surface area contributed by atoms with E-state index in [4.69, 9.17) is 73.2 Å². The first-order valence-electron chi connectivity index (χ1n) is 18.7. The van der Waals surface area contributed by atoms with Gasteiger partial charge in [0.15, 0.2) is 28.9 Å². The van der Waals surface area contributed by atoms with E-state index < -0.39 is 25.3 Å². The molecule has 0 spiro atoms. The number of anilines is 3. The normalized spacial score (nSPS) is 13.1. The Kier molecular flexibility index (Phi) is 15.1. The van der Waals surface area contributed by atoms with Gasteiger partial charge in [-0.25, -0.2) is 35.4 Å². The van der Waals surface area contributed by atoms with Crippen LogP contribution in [0.1, 0.15) is 37.5 Å². The third-order valence-electron chi connectivity index (χ3n) is 9.23. The van der Waals surface area contributed by atoms with Gasteiger partial charge in [-0.2, -0.15) is 0 Å². The van der Waals surface area contributed by atoms with Crippen LogP contribution >= 0.6 is 58.0 Å². The van der Waals surface area contributed by atoms with Gasteiger partial charge in [0.1, 0.15) is 19.0 Å². The molecular weight excluding hydrogens is 956 g/mol. The van der Waals surface area contributed by atoms with Crippen molar-refractivity contribution >= 4 is 107 Å². The fourth-order valence-electron chi connectivity index (χ4n) is 6.27. The minimum Gasteiger partial charge on any atom is -0.488 e. The van der Waals surface area contributed by atoms with Gasteiger partial charge < -0.3 is 15.2 Å². The fourth-order valence-corrected chi connectivity index (χ4v) is 10.8. The maximum absolute atomic E-state index is 13.3. The van der Waals surface area contributed by atoms with Crippen LogP contribution in [0.2, 0.25) is 20.1 Å². The molecule has 2 aliphatic heterocycles. The van der Waals surface area contributed by atoms with Gasteiger partial charge in [0.05, 0.1) is 66.2 Å². The molecular formula is C43H36Cl5N5O8S2. The van der Waals surface area contributed by atoms with E-state index in [1.807, 2.05) is 26.0 Å². The molecule has 0 fully saturated rings. The summed E-state index contributed by atoms with van der Waals surface area (Å²) < 4.78 is 65.7. The van der Waals surface area contributed by atoms with Gasteiger partial charge in [0.25, 0.3) is 25.3 Å². The highest BCUT2D eigenvalue weighted by atomic mass is 35.5. The Morgan fingerprint density at radius 1 is 0.619 bits per heavy atom. The zero-order valence-corrected chi connectivity index (χ0v) is 38.7. The van der Waals surface area contributed by atoms with E-state index in [1.165, 1.54) is 8.61 Å². The summed E-state index contributed by atoms with van der Waals surface area (Å²) in [4.78, 5) is 32.4. The van der Waals surface area contributed by atoms with Crippen LogP contribution in [0.4, 0.5) is 17.5 Å². The first-order valence-corrected chi connectivity index (χ1v) is 23.5. The standard InChI is InChI=1S/C22H18Cl2N2O4S.C14H15N3O3S.C7H3Cl3O/c1-14-4-2-5-16(12-14)31(28,29)26-10-11-30-20-9-8-15(25-22(20)26)13-19(27)21-17(23)6-3-7-18(21)24;1-10-3-2-4-11(9-10)21(18,19)17-7-8-20-12-5-6-13(15)16-14(12)17;8-4-2-1-3-5(9)6(4)7(10)11/h2-9,12H,10-11,13H2,1H3;2-6,9H,7-8H2,1H3,(H2,15,16);1-3H. The average Bonchev–Trinajstić information content (AvgIpc) is 3.23. The topological polar surface area (TPSA) is 179 Å². The molecule has 2 N–H and O–H groups in total. The van der Waals surface area contributed by atoms with Crippen molar-refractivity contribution in [3.05, 3.63) is 157 Å². The Bertz CT molecular complexity index is 2900. The smallest absolute Gasteiger partial charge is 0.265 e. The highest BCUT2D eigenvalue weighted by molar-refractivity contribution is 7.93. The van der Waals surface area contributed by atoms with Crippen molar-refractivity contribution in [3.8, 4) is 11.5 Å². The third kappa shape index (κ3) is 11.0. The lowest BCUT2D eigenvalue weighted by atomic mass is 10.1. The summed E-state index contributed by atoms with van der Waals surface area (Å²) in [6.45, 7) is 4.48. The van der Waals surface area contributed by atoms with Crippen LogP contribution < -0.4 is 23.8 Å². The Morgan fingerprint density at radius 2 is 1.05 bits per heavy atom. The summed E-state index contributed by atoms with van der Waals surface area (Å²) in [6.07, 6.45) is -0.0882. The van der Waals surface area contributed by atoms with Crippen LogP contribution in [0, 0.1) is 13.8 Å². The number of halogens is 5. The van der Waals surface area contributed by atoms with E-state index in [0.29, 0.717) is 17.2 Å². The molecule has 4 heterocycles. The molecule has 8 rings (SSSR count). The van der Waals surface area contributed by atoms with Crippen molar-refractivity contribution in [2.45, 2.75) is 30.1 Å². The Hall–Kier alpha value is -5.13. The summed E-state index contributed by atoms with van der Waals surface area (Å²) in [6, 6.07) is 29.5. The molecule has 0 saturated carbocycles. The number of aryl methyl sites for hydroxylation is 2. The van der Waals surface area contributed by atoms with Crippen LogP contribution in [0.25, 0.3) is 0 Å². The quantitative estimate of drug-likeness (QED) is 0.113. The largest absolute Gasteiger partial charge is 0.488 e. The maximum atomic E-state index is 13.3. The average molecular weight is 992 g/mol. The number of Topliss-reactive ketones (excluding diaryl/α,β-unsaturated/α-hetero) is 1. The number of hydrogen-bond donors (Lipinski definition) is 1. The lowest BCUT2D eigenvalue weighted by Crippen LogP contribution is -2.38. The SMILES string of the molecule is Cc1cccc(S(=O)(=O)N2CCOc3ccc(CC(=O)c4c(Cl)cccc4Cl)nc32)c1.Cc1cccc(S(=O)(=O)N2CCOc3ccc(N)nc32)c1.O=C(Cl)c1c(Cl)cccc1Cl. The van der Waals surface area contributed by atoms with E-state index in [0.717, 1.165) is 11.1 Å². The number of ketones is 1. The van der Waals surface area contributed by atoms with Gasteiger partial charge in [-0.15, -0.1) is 0 Å². The van der Waals surface area contributed by atoms with Gasteiger partial charge >= 0.3 is 0 Å². The molecule has 0 amide bonds. The second-order valence-electron chi connectivity index (χ2n) is 13.7. The van der Waals surface area contributed by atoms with Gasteiger partial charge in [0.2, 0.25) is 0 Å². The first-order chi connectivity index (χ1) is 29.9. The number of pyridine rings is 2. The molecule has 6 aromatic rings. The number of benzene rings is 4. The van der Waals surface area contributed by atoms with Crippen LogP contribution in [0.5, 0.6) is 11.5 Å². The maximum Gasteiger partial charge on any atom is 0.265 e. The third-order valence-corrected chi connectivity index (χ3v) is 14.3. The van der Waals surface area contributed by atoms with E-state index >= 15 is 0 Å². The summed E-state index contributed by atoms with van der Waals surface area (Å²) in [7, 11) is -7.52. The molecule has 20 heteroatoms. The van der Waals surface area contributed by atoms with Crippen LogP contribution in [-0.2, 0) is 26.5 Å². The van der Waals surface area contributed by atoms with Crippen LogP contribution in [-0.4, -0.2) is 64.1 Å². The molecule has 63 heavy (non-hydrogen) atoms. The molecule has 2 aromatic heterocycles. The predicted octanol–water partition coefficient (Wildman–Crippen LogP) is 9.64. The summed E-state index contributed by atoms with van der Waals surface area (Å²) >= 11 is 28.7. The second kappa shape index (κ2) is 20.1. The van der Waals surface area contributed by atoms with Crippen molar-refractivity contribution < 1.29 is 35.9 Å². The summed E-state index contributed by atoms with van der Waals surface area (Å²) in [5.74, 6) is 1.10. The molecule has 0 saturated heterocycles. The van der Waals surface area contributed by atoms with Crippen LogP contribution in [0.15, 0.2) is 119 Å². The summed E-state index contributed by atoms with van der Waals surface area (Å²) in [5.41, 5.74) is 8.14. The predicted molar refractivity (Wildman–Crippen MR) is 246 cm³/mol. The van der Waals surface area contributed by atoms with E-state index in [9.17, 15) is 26.4 Å². The number of ether oxygens (including phenoxy) is 2. The zero-order chi connectivity index (χ0) is 45.6. The minimum absolute atomic E-state index is 0.0882. The first kappa shape index (κ1) is 47.4. The van der Waals surface area contributed by atoms with Crippen LogP contribution in [0.3, 0.4) is 0 Å². The number of nitrogens with zero attached hydrogens (tertiary/aromatic N) is 4. The van der Waals surface area contributed by atoms with Gasteiger partial charge in [0, 0.05) is 0 Å². The Labute approximate surface area is 389 Å². The molecule has 0 bridgehead atoms. The molecule has 4 aromatic carbocycles. The lowest BCUT2D eigenvalue weighted by molar-refractivity contribution is 0.0991. The minimum atomic E-state index is -3.85. The number of aromatic nitrogens is 2. The highest BCUT2D eigenvalue weighted by Crippen LogP contribution is 2.36. The Morgan fingerprint density at radius 3 is 1.49 bits per heavy atom. The van der Waals surface area contributed by atoms with E-state index in [-0.39, 0.29) is 97.0 Å². The van der Waals surface area contributed by atoms with Crippen molar-refractivity contribution in [2.24, 2.45) is 0 Å². The number of rotatable bonds is 8. The Balaban J connectivity index is 0.000000177. The van der Waals surface area contributed by atoms with Gasteiger partial charge in [-0.1, -0.05) is 82.8 Å². The number of carbonyl (C=O) groups excluding carboxylic acids is 2. The second-order valence-corrected chi connectivity index (χ2v) is 19.4. The summed E-state index contributed by atoms with van der Waals surface area (Å²) in [5, 5.41) is 0.417. The number of fused-ring (bicyclic) bond motifs is 2. The van der Waals surface area contributed by atoms with Gasteiger partial charge in [-0.3, -0.25) is 9.59 Å². The molecule has 13 nitrogen and oxygen atoms in total. The number of hydrogen-bond acceptors (Lipinski definition) is 11. The number of nitrogens with two attached hydrogens (primary N) is 1. The van der Waals surface area contributed by atoms with Gasteiger partial charge in [-0.05, 0) is 109 Å². The van der Waals surface area contributed by atoms with Crippen molar-refractivity contribution in [1.82, 2.24) is 9.97 Å². The lowest BCUT2D eigenvalue weighted by Gasteiger charge is -2.29. The monoisotopic (exact) mass is 989 g/mol. The van der Waals surface area contributed by atoms with Crippen molar-refractivity contribution in [2.75, 3.05) is 40.6 Å². The van der Waals surface area contributed by atoms with E-state index in [2.05, 4.69) is 9.97 Å². The molecule has 0 aliphatic carbocycles. The molecule has 0 radical (unpaired) electrons. The molecule has 2 aliphatic rings. The molecule has 328 valence electrons. The fraction of sp³-hybridized carbons (Fsp3) is 0.163. The molecule has 0 atom stereocenters. The number of sulfonamides is 2. The number of carbonyl (C=O) groups is 2.